The molecule has 9 aromatic carbocycles. The van der Waals surface area contributed by atoms with E-state index >= 15 is 0 Å². The Kier molecular flexibility index (Phi) is 13.8. The van der Waals surface area contributed by atoms with Crippen LogP contribution in [-0.2, 0) is 18.5 Å². The summed E-state index contributed by atoms with van der Waals surface area (Å²) in [4.78, 5) is 0. The van der Waals surface area contributed by atoms with Crippen LogP contribution in [0.2, 0.25) is 0 Å². The summed E-state index contributed by atoms with van der Waals surface area (Å²) in [6.45, 7) is 0. The van der Waals surface area contributed by atoms with Crippen LogP contribution in [0.3, 0.4) is 0 Å². The zero-order valence-electron chi connectivity index (χ0n) is 34.2. The molecule has 0 radical (unpaired) electrons. The summed E-state index contributed by atoms with van der Waals surface area (Å²) in [5, 5.41) is 12.8. The molecule has 0 aliphatic heterocycles. The van der Waals surface area contributed by atoms with Gasteiger partial charge in [-0.15, -0.1) is 0 Å². The van der Waals surface area contributed by atoms with Gasteiger partial charge in [0.25, 0.3) is 0 Å². The number of rotatable bonds is 15. The third kappa shape index (κ3) is 9.93. The minimum absolute atomic E-state index is 0.595. The first-order chi connectivity index (χ1) is 30.3. The van der Waals surface area contributed by atoms with E-state index < -0.39 is 31.7 Å². The van der Waals surface area contributed by atoms with E-state index in [4.69, 9.17) is 0 Å². The van der Waals surface area contributed by atoms with Gasteiger partial charge >= 0.3 is 0 Å². The van der Waals surface area contributed by atoms with Crippen LogP contribution in [-0.4, -0.2) is 0 Å². The van der Waals surface area contributed by atoms with Gasteiger partial charge in [0.15, 0.2) is 0 Å². The van der Waals surface area contributed by atoms with Gasteiger partial charge in [0.05, 0.1) is 0 Å². The van der Waals surface area contributed by atoms with Gasteiger partial charge < -0.3 is 0 Å². The van der Waals surface area contributed by atoms with Gasteiger partial charge in [-0.1, -0.05) is 263 Å². The normalized spacial score (nSPS) is 11.4. The van der Waals surface area contributed by atoms with Gasteiger partial charge in [0.2, 0.25) is 0 Å². The van der Waals surface area contributed by atoms with Crippen molar-refractivity contribution < 1.29 is 0 Å². The van der Waals surface area contributed by atoms with Gasteiger partial charge in [-0.3, -0.25) is 0 Å². The molecule has 9 rings (SSSR count). The molecule has 0 nitrogen and oxygen atoms in total. The highest BCUT2D eigenvalue weighted by Crippen LogP contribution is 2.50. The molecule has 0 unspecified atom stereocenters. The lowest BCUT2D eigenvalue weighted by Crippen LogP contribution is -2.25. The highest BCUT2D eigenvalue weighted by molar-refractivity contribution is 7.81. The molecule has 0 aromatic heterocycles. The first-order valence-electron chi connectivity index (χ1n) is 21.0. The molecule has 0 amide bonds. The van der Waals surface area contributed by atoms with Gasteiger partial charge in [0.1, 0.15) is 0 Å². The number of hydrogen-bond donors (Lipinski definition) is 0. The lowest BCUT2D eigenvalue weighted by molar-refractivity contribution is 1.28. The molecule has 0 spiro atoms. The van der Waals surface area contributed by atoms with Crippen molar-refractivity contribution >= 4 is 79.4 Å². The van der Waals surface area contributed by atoms with Gasteiger partial charge in [-0.2, -0.15) is 0 Å². The predicted octanol–water partition coefficient (Wildman–Crippen LogP) is 11.3. The van der Waals surface area contributed by atoms with E-state index in [0.717, 1.165) is 18.5 Å². The molecule has 61 heavy (non-hydrogen) atoms. The highest BCUT2D eigenvalue weighted by Gasteiger charge is 2.26. The molecule has 0 heterocycles. The predicted molar refractivity (Wildman–Crippen MR) is 273 cm³/mol. The van der Waals surface area contributed by atoms with Crippen molar-refractivity contribution in [2.45, 2.75) is 18.5 Å². The largest absolute Gasteiger partial charge is 0.0932 e. The fourth-order valence-electron chi connectivity index (χ4n) is 8.22. The summed E-state index contributed by atoms with van der Waals surface area (Å²) in [7, 11) is -2.85. The monoisotopic (exact) mass is 856 g/mol. The molecule has 0 atom stereocenters. The summed E-state index contributed by atoms with van der Waals surface area (Å²) in [5.41, 5.74) is 4.43. The van der Waals surface area contributed by atoms with Crippen LogP contribution in [0.5, 0.6) is 0 Å². The summed E-state index contributed by atoms with van der Waals surface area (Å²) in [5.74, 6) is 0. The Morgan fingerprint density at radius 2 is 0.377 bits per heavy atom. The first-order valence-corrected chi connectivity index (χ1v) is 26.9. The summed E-state index contributed by atoms with van der Waals surface area (Å²) < 4.78 is 0. The van der Waals surface area contributed by atoms with Gasteiger partial charge in [-0.05, 0) is 107 Å². The van der Waals surface area contributed by atoms with Crippen molar-refractivity contribution in [3.05, 3.63) is 271 Å². The zero-order valence-corrected chi connectivity index (χ0v) is 37.7. The fourth-order valence-corrected chi connectivity index (χ4v) is 18.6. The molecule has 0 saturated heterocycles. The maximum atomic E-state index is 2.44. The Hall–Kier alpha value is -5.30. The number of benzene rings is 9. The van der Waals surface area contributed by atoms with Gasteiger partial charge in [-0.25, -0.2) is 0 Å². The molecule has 296 valence electrons. The summed E-state index contributed by atoms with van der Waals surface area (Å²) in [6.07, 6.45) is 3.11. The fraction of sp³-hybridized carbons (Fsp3) is 0.0526. The second kappa shape index (κ2) is 20.5. The third-order valence-corrected chi connectivity index (χ3v) is 21.0. The molecule has 0 aliphatic rings. The second-order valence-corrected chi connectivity index (χ2v) is 23.9. The molecule has 0 aliphatic carbocycles. The molecule has 0 bridgehead atoms. The van der Waals surface area contributed by atoms with Crippen molar-refractivity contribution in [1.29, 1.82) is 0 Å². The number of hydrogen-bond acceptors (Lipinski definition) is 0. The average molecular weight is 857 g/mol. The maximum absolute atomic E-state index is 2.44. The Morgan fingerprint density at radius 3 is 0.590 bits per heavy atom. The Bertz CT molecular complexity index is 2300. The van der Waals surface area contributed by atoms with E-state index in [-0.39, 0.29) is 0 Å². The van der Waals surface area contributed by atoms with Crippen LogP contribution in [0.1, 0.15) is 16.7 Å². The average Bonchev–Trinajstić information content (AvgIpc) is 3.33. The Balaban J connectivity index is 1.18. The van der Waals surface area contributed by atoms with Crippen LogP contribution in [0, 0.1) is 0 Å². The van der Waals surface area contributed by atoms with Crippen LogP contribution < -0.4 is 47.7 Å². The lowest BCUT2D eigenvalue weighted by atomic mass is 10.2. The minimum Gasteiger partial charge on any atom is -0.0932 e. The first kappa shape index (κ1) is 41.1. The van der Waals surface area contributed by atoms with Crippen LogP contribution in [0.25, 0.3) is 0 Å². The van der Waals surface area contributed by atoms with Gasteiger partial charge in [0, 0.05) is 0 Å². The Labute approximate surface area is 367 Å². The topological polar surface area (TPSA) is 0 Å². The standard InChI is InChI=1S/C57H48P4/c1-7-28-49(29-8-1)59(50-30-9-2-10-31-50)55-40-22-19-25-46(55)43-58(44-47-26-20-23-41-56(47)60(51-32-11-3-12-33-51)52-34-13-4-14-35-52)45-48-27-21-24-42-57(48)61(53-36-15-5-16-37-53)54-38-17-6-18-39-54/h1-42H,43-45H2. The van der Waals surface area contributed by atoms with Crippen molar-refractivity contribution in [1.82, 2.24) is 0 Å². The van der Waals surface area contributed by atoms with Crippen molar-refractivity contribution in [2.24, 2.45) is 0 Å². The lowest BCUT2D eigenvalue weighted by Gasteiger charge is -2.28. The third-order valence-electron chi connectivity index (χ3n) is 11.0. The van der Waals surface area contributed by atoms with Crippen LogP contribution in [0.15, 0.2) is 255 Å². The van der Waals surface area contributed by atoms with E-state index in [9.17, 15) is 0 Å². The van der Waals surface area contributed by atoms with Crippen molar-refractivity contribution in [3.63, 3.8) is 0 Å². The van der Waals surface area contributed by atoms with Crippen LogP contribution in [0.4, 0.5) is 0 Å². The van der Waals surface area contributed by atoms with E-state index in [1.807, 2.05) is 0 Å². The molecular formula is C57H48P4. The molecule has 0 N–H and O–H groups in total. The quantitative estimate of drug-likeness (QED) is 0.0901. The molecule has 0 fully saturated rings. The highest BCUT2D eigenvalue weighted by atomic mass is 31.1. The summed E-state index contributed by atoms with van der Waals surface area (Å²) >= 11 is 0. The van der Waals surface area contributed by atoms with Crippen molar-refractivity contribution in [3.8, 4) is 0 Å². The van der Waals surface area contributed by atoms with E-state index in [2.05, 4.69) is 255 Å². The van der Waals surface area contributed by atoms with Crippen molar-refractivity contribution in [2.75, 3.05) is 0 Å². The van der Waals surface area contributed by atoms with Crippen LogP contribution >= 0.6 is 31.7 Å². The molecular weight excluding hydrogens is 809 g/mol. The smallest absolute Gasteiger partial charge is 0.00606 e. The minimum atomic E-state index is -0.753. The second-order valence-electron chi connectivity index (χ2n) is 15.1. The molecule has 9 aromatic rings. The molecule has 4 heteroatoms. The summed E-state index contributed by atoms with van der Waals surface area (Å²) in [6, 6.07) is 95.4. The molecule has 0 saturated carbocycles. The maximum Gasteiger partial charge on any atom is -0.00606 e. The SMILES string of the molecule is c1ccc(P(c2ccccc2)c2ccccc2CP(Cc2ccccc2P(c2ccccc2)c2ccccc2)Cc2ccccc2P(c2ccccc2)c2ccccc2)cc1. The van der Waals surface area contributed by atoms with E-state index in [0.29, 0.717) is 0 Å². The zero-order chi connectivity index (χ0) is 41.1. The van der Waals surface area contributed by atoms with E-state index in [1.54, 1.807) is 0 Å². The van der Waals surface area contributed by atoms with E-state index in [1.165, 1.54) is 64.4 Å². The Morgan fingerprint density at radius 1 is 0.197 bits per heavy atom.